The molecule has 132 valence electrons. The zero-order chi connectivity index (χ0) is 19.2. The van der Waals surface area contributed by atoms with E-state index in [-0.39, 0.29) is 12.5 Å². The molecule has 1 aromatic heterocycles. The summed E-state index contributed by atoms with van der Waals surface area (Å²) < 4.78 is 6.86. The molecule has 0 aliphatic heterocycles. The third-order valence-corrected chi connectivity index (χ3v) is 4.15. The van der Waals surface area contributed by atoms with E-state index >= 15 is 0 Å². The summed E-state index contributed by atoms with van der Waals surface area (Å²) in [6.45, 7) is 2.21. The van der Waals surface area contributed by atoms with Crippen LogP contribution in [-0.2, 0) is 16.1 Å². The van der Waals surface area contributed by atoms with Crippen molar-refractivity contribution < 1.29 is 9.53 Å². The second-order valence-electron chi connectivity index (χ2n) is 5.90. The molecule has 0 bridgehead atoms. The number of hydrogen-bond donors (Lipinski definition) is 0. The number of esters is 1. The van der Waals surface area contributed by atoms with E-state index in [0.717, 1.165) is 16.5 Å². The van der Waals surface area contributed by atoms with Gasteiger partial charge in [-0.3, -0.25) is 4.79 Å². The highest BCUT2D eigenvalue weighted by atomic mass is 16.5. The maximum atomic E-state index is 11.9. The third kappa shape index (κ3) is 3.89. The lowest BCUT2D eigenvalue weighted by atomic mass is 10.0. The summed E-state index contributed by atoms with van der Waals surface area (Å²) in [6, 6.07) is 18.9. The van der Waals surface area contributed by atoms with Crippen molar-refractivity contribution in [2.24, 2.45) is 0 Å². The van der Waals surface area contributed by atoms with Crippen LogP contribution >= 0.6 is 0 Å². The van der Waals surface area contributed by atoms with Crippen molar-refractivity contribution in [3.05, 3.63) is 71.4 Å². The van der Waals surface area contributed by atoms with E-state index < -0.39 is 0 Å². The van der Waals surface area contributed by atoms with E-state index in [2.05, 4.69) is 12.1 Å². The van der Waals surface area contributed by atoms with Gasteiger partial charge in [-0.1, -0.05) is 30.3 Å². The van der Waals surface area contributed by atoms with Crippen molar-refractivity contribution in [3.8, 4) is 12.1 Å². The average Bonchev–Trinajstić information content (AvgIpc) is 3.03. The topological polar surface area (TPSA) is 78.8 Å². The Labute approximate surface area is 157 Å². The SMILES string of the molecule is CCOC(=O)Cn1cc(/C=C(/C#N)c2cccc(C#N)c2)c2ccccc21. The summed E-state index contributed by atoms with van der Waals surface area (Å²) in [7, 11) is 0. The number of benzene rings is 2. The highest BCUT2D eigenvalue weighted by Crippen LogP contribution is 2.26. The molecular weight excluding hydrogens is 338 g/mol. The minimum atomic E-state index is -0.309. The van der Waals surface area contributed by atoms with Gasteiger partial charge < -0.3 is 9.30 Å². The molecule has 0 saturated heterocycles. The van der Waals surface area contributed by atoms with E-state index in [1.165, 1.54) is 0 Å². The van der Waals surface area contributed by atoms with Crippen molar-refractivity contribution in [1.29, 1.82) is 10.5 Å². The Bertz CT molecular complexity index is 1110. The Kier molecular flexibility index (Phi) is 5.35. The van der Waals surface area contributed by atoms with Crippen LogP contribution in [0.2, 0.25) is 0 Å². The van der Waals surface area contributed by atoms with E-state index in [1.807, 2.05) is 35.0 Å². The summed E-state index contributed by atoms with van der Waals surface area (Å²) in [5.74, 6) is -0.309. The van der Waals surface area contributed by atoms with Crippen molar-refractivity contribution in [2.75, 3.05) is 6.61 Å². The summed E-state index contributed by atoms with van der Waals surface area (Å²) in [5, 5.41) is 19.6. The normalized spacial score (nSPS) is 11.0. The molecule has 5 nitrogen and oxygen atoms in total. The number of rotatable bonds is 5. The molecule has 1 heterocycles. The zero-order valence-corrected chi connectivity index (χ0v) is 14.8. The van der Waals surface area contributed by atoms with Gasteiger partial charge in [0.15, 0.2) is 0 Å². The molecular formula is C22H17N3O2. The fourth-order valence-electron chi connectivity index (χ4n) is 2.96. The standard InChI is InChI=1S/C22H17N3O2/c1-2-27-22(26)15-25-14-19(20-8-3-4-9-21(20)25)11-18(13-24)17-7-5-6-16(10-17)12-23/h3-11,14H,2,15H2,1H3/b18-11-. The van der Waals surface area contributed by atoms with Gasteiger partial charge in [-0.15, -0.1) is 0 Å². The van der Waals surface area contributed by atoms with Gasteiger partial charge in [0.2, 0.25) is 0 Å². The van der Waals surface area contributed by atoms with E-state index in [9.17, 15) is 10.1 Å². The first kappa shape index (κ1) is 18.0. The molecule has 2 aromatic carbocycles. The van der Waals surface area contributed by atoms with Crippen LogP contribution in [0.25, 0.3) is 22.6 Å². The van der Waals surface area contributed by atoms with Crippen LogP contribution in [0, 0.1) is 22.7 Å². The number of para-hydroxylation sites is 1. The Morgan fingerprint density at radius 1 is 1.19 bits per heavy atom. The van der Waals surface area contributed by atoms with Crippen molar-refractivity contribution in [3.63, 3.8) is 0 Å². The van der Waals surface area contributed by atoms with Crippen LogP contribution in [0.5, 0.6) is 0 Å². The monoisotopic (exact) mass is 355 g/mol. The molecule has 0 unspecified atom stereocenters. The molecule has 0 atom stereocenters. The number of nitrogens with zero attached hydrogens (tertiary/aromatic N) is 3. The Morgan fingerprint density at radius 2 is 2.00 bits per heavy atom. The number of allylic oxidation sites excluding steroid dienone is 1. The molecule has 3 rings (SSSR count). The molecule has 0 aliphatic rings. The molecule has 3 aromatic rings. The molecule has 27 heavy (non-hydrogen) atoms. The summed E-state index contributed by atoms with van der Waals surface area (Å²) in [6.07, 6.45) is 3.62. The number of aromatic nitrogens is 1. The molecule has 0 radical (unpaired) electrons. The highest BCUT2D eigenvalue weighted by Gasteiger charge is 2.12. The van der Waals surface area contributed by atoms with Crippen molar-refractivity contribution in [2.45, 2.75) is 13.5 Å². The van der Waals surface area contributed by atoms with E-state index in [0.29, 0.717) is 23.3 Å². The quantitative estimate of drug-likeness (QED) is 0.509. The third-order valence-electron chi connectivity index (χ3n) is 4.15. The number of ether oxygens (including phenoxy) is 1. The molecule has 0 N–H and O–H groups in total. The molecule has 0 saturated carbocycles. The zero-order valence-electron chi connectivity index (χ0n) is 14.8. The van der Waals surface area contributed by atoms with Gasteiger partial charge in [0.1, 0.15) is 6.54 Å². The molecule has 0 aliphatic carbocycles. The van der Waals surface area contributed by atoms with E-state index in [4.69, 9.17) is 10.00 Å². The van der Waals surface area contributed by atoms with Gasteiger partial charge in [-0.05, 0) is 36.8 Å². The minimum absolute atomic E-state index is 0.105. The smallest absolute Gasteiger partial charge is 0.325 e. The number of hydrogen-bond acceptors (Lipinski definition) is 4. The fourth-order valence-corrected chi connectivity index (χ4v) is 2.96. The Balaban J connectivity index is 2.08. The maximum Gasteiger partial charge on any atom is 0.325 e. The lowest BCUT2D eigenvalue weighted by Crippen LogP contribution is -2.12. The molecule has 5 heteroatoms. The van der Waals surface area contributed by atoms with Gasteiger partial charge >= 0.3 is 5.97 Å². The van der Waals surface area contributed by atoms with Crippen molar-refractivity contribution >= 4 is 28.5 Å². The van der Waals surface area contributed by atoms with Crippen LogP contribution in [0.3, 0.4) is 0 Å². The summed E-state index contributed by atoms with van der Waals surface area (Å²) in [5.41, 5.74) is 3.34. The van der Waals surface area contributed by atoms with Crippen LogP contribution in [0.1, 0.15) is 23.6 Å². The predicted octanol–water partition coefficient (Wildman–Crippen LogP) is 4.14. The maximum absolute atomic E-state index is 11.9. The van der Waals surface area contributed by atoms with E-state index in [1.54, 1.807) is 37.3 Å². The predicted molar refractivity (Wildman–Crippen MR) is 103 cm³/mol. The van der Waals surface area contributed by atoms with Crippen LogP contribution in [0.15, 0.2) is 54.7 Å². The Hall–Kier alpha value is -3.83. The number of carbonyl (C=O) groups is 1. The highest BCUT2D eigenvalue weighted by molar-refractivity contribution is 5.98. The molecule has 0 fully saturated rings. The van der Waals surface area contributed by atoms with Gasteiger partial charge in [0, 0.05) is 22.7 Å². The van der Waals surface area contributed by atoms with Gasteiger partial charge in [0.25, 0.3) is 0 Å². The number of fused-ring (bicyclic) bond motifs is 1. The first-order chi connectivity index (χ1) is 13.2. The first-order valence-corrected chi connectivity index (χ1v) is 8.52. The van der Waals surface area contributed by atoms with Gasteiger partial charge in [-0.25, -0.2) is 0 Å². The first-order valence-electron chi connectivity index (χ1n) is 8.52. The molecule has 0 amide bonds. The van der Waals surface area contributed by atoms with Crippen molar-refractivity contribution in [1.82, 2.24) is 4.57 Å². The van der Waals surface area contributed by atoms with Gasteiger partial charge in [-0.2, -0.15) is 10.5 Å². The largest absolute Gasteiger partial charge is 0.465 e. The average molecular weight is 355 g/mol. The number of carbonyl (C=O) groups excluding carboxylic acids is 1. The second-order valence-corrected chi connectivity index (χ2v) is 5.90. The lowest BCUT2D eigenvalue weighted by molar-refractivity contribution is -0.143. The van der Waals surface area contributed by atoms with Gasteiger partial charge in [0.05, 0.1) is 29.9 Å². The molecule has 0 spiro atoms. The lowest BCUT2D eigenvalue weighted by Gasteiger charge is -2.04. The Morgan fingerprint density at radius 3 is 2.74 bits per heavy atom. The summed E-state index contributed by atoms with van der Waals surface area (Å²) in [4.78, 5) is 11.9. The van der Waals surface area contributed by atoms with Crippen LogP contribution in [0.4, 0.5) is 0 Å². The fraction of sp³-hybridized carbons (Fsp3) is 0.136. The van der Waals surface area contributed by atoms with Crippen LogP contribution in [-0.4, -0.2) is 17.1 Å². The number of nitriles is 2. The summed E-state index contributed by atoms with van der Waals surface area (Å²) >= 11 is 0. The second kappa shape index (κ2) is 8.03. The van der Waals surface area contributed by atoms with Crippen LogP contribution < -0.4 is 0 Å². The minimum Gasteiger partial charge on any atom is -0.465 e.